The average molecular weight is 303 g/mol. The molecule has 18 heavy (non-hydrogen) atoms. The number of nitrogens with one attached hydrogen (secondary N) is 1. The van der Waals surface area contributed by atoms with Crippen molar-refractivity contribution in [2.75, 3.05) is 18.6 Å². The zero-order chi connectivity index (χ0) is 13.6. The quantitative estimate of drug-likeness (QED) is 0.514. The smallest absolute Gasteiger partial charge is 0.147 e. The van der Waals surface area contributed by atoms with Gasteiger partial charge in [-0.25, -0.2) is 8.42 Å². The van der Waals surface area contributed by atoms with Crippen LogP contribution in [0.5, 0.6) is 0 Å². The van der Waals surface area contributed by atoms with Crippen LogP contribution in [0.25, 0.3) is 0 Å². The third-order valence-corrected chi connectivity index (χ3v) is 4.45. The number of thiocarbonyl (C=S) groups is 1. The third-order valence-electron chi connectivity index (χ3n) is 2.19. The third kappa shape index (κ3) is 6.98. The lowest BCUT2D eigenvalue weighted by Crippen LogP contribution is -2.21. The molecule has 0 saturated carbocycles. The first kappa shape index (κ1) is 15.5. The van der Waals surface area contributed by atoms with Crippen LogP contribution in [0, 0.1) is 6.92 Å². The van der Waals surface area contributed by atoms with E-state index in [1.54, 1.807) is 0 Å². The van der Waals surface area contributed by atoms with E-state index in [0.29, 0.717) is 17.3 Å². The molecule has 0 aromatic heterocycles. The highest BCUT2D eigenvalue weighted by Gasteiger charge is 2.03. The predicted molar refractivity (Wildman–Crippen MR) is 82.0 cm³/mol. The largest absolute Gasteiger partial charge is 0.371 e. The molecule has 0 aliphatic heterocycles. The van der Waals surface area contributed by atoms with Crippen LogP contribution in [-0.4, -0.2) is 31.3 Å². The van der Waals surface area contributed by atoms with Crippen LogP contribution in [0.3, 0.4) is 0 Å². The van der Waals surface area contributed by atoms with Crippen LogP contribution in [0.1, 0.15) is 12.0 Å². The first-order chi connectivity index (χ1) is 8.37. The molecule has 0 amide bonds. The summed E-state index contributed by atoms with van der Waals surface area (Å²) in [5.41, 5.74) is 1.21. The van der Waals surface area contributed by atoms with Crippen molar-refractivity contribution in [2.24, 2.45) is 0 Å². The lowest BCUT2D eigenvalue weighted by atomic mass is 10.2. The van der Waals surface area contributed by atoms with Crippen molar-refractivity contribution in [2.45, 2.75) is 18.2 Å². The van der Waals surface area contributed by atoms with Crippen molar-refractivity contribution in [3.63, 3.8) is 0 Å². The number of benzene rings is 1. The molecule has 0 aliphatic rings. The van der Waals surface area contributed by atoms with Crippen LogP contribution >= 0.6 is 24.0 Å². The van der Waals surface area contributed by atoms with Crippen LogP contribution in [0.15, 0.2) is 29.2 Å². The first-order valence-corrected chi connectivity index (χ1v) is 8.85. The van der Waals surface area contributed by atoms with Gasteiger partial charge < -0.3 is 5.32 Å². The normalized spacial score (nSPS) is 11.2. The number of aryl methyl sites for hydroxylation is 1. The van der Waals surface area contributed by atoms with E-state index in [1.807, 2.05) is 31.2 Å². The summed E-state index contributed by atoms with van der Waals surface area (Å²) in [5, 5.41) is 3.05. The van der Waals surface area contributed by atoms with E-state index < -0.39 is 9.84 Å². The average Bonchev–Trinajstić information content (AvgIpc) is 2.26. The first-order valence-electron chi connectivity index (χ1n) is 5.57. The van der Waals surface area contributed by atoms with E-state index in [-0.39, 0.29) is 5.75 Å². The van der Waals surface area contributed by atoms with Gasteiger partial charge in [-0.05, 0) is 25.5 Å². The molecular weight excluding hydrogens is 286 g/mol. The minimum atomic E-state index is -2.88. The van der Waals surface area contributed by atoms with Gasteiger partial charge in [0, 0.05) is 17.7 Å². The minimum absolute atomic E-state index is 0.192. The van der Waals surface area contributed by atoms with Crippen molar-refractivity contribution in [3.8, 4) is 0 Å². The SMILES string of the molecule is Cc1ccc(SC(=S)NCCCS(C)(=O)=O)cc1. The Morgan fingerprint density at radius 1 is 1.33 bits per heavy atom. The van der Waals surface area contributed by atoms with Gasteiger partial charge in [0.05, 0.1) is 5.75 Å². The maximum atomic E-state index is 10.9. The van der Waals surface area contributed by atoms with Crippen molar-refractivity contribution >= 4 is 38.1 Å². The Morgan fingerprint density at radius 3 is 2.50 bits per heavy atom. The Hall–Kier alpha value is -0.590. The minimum Gasteiger partial charge on any atom is -0.371 e. The van der Waals surface area contributed by atoms with Crippen molar-refractivity contribution < 1.29 is 8.42 Å². The molecule has 6 heteroatoms. The molecule has 0 spiro atoms. The lowest BCUT2D eigenvalue weighted by Gasteiger charge is -2.07. The van der Waals surface area contributed by atoms with E-state index in [1.165, 1.54) is 23.6 Å². The van der Waals surface area contributed by atoms with Gasteiger partial charge in [-0.2, -0.15) is 0 Å². The maximum Gasteiger partial charge on any atom is 0.147 e. The zero-order valence-corrected chi connectivity index (χ0v) is 12.9. The van der Waals surface area contributed by atoms with Crippen LogP contribution in [0.4, 0.5) is 0 Å². The second-order valence-electron chi connectivity index (χ2n) is 4.11. The lowest BCUT2D eigenvalue weighted by molar-refractivity contribution is 0.598. The summed E-state index contributed by atoms with van der Waals surface area (Å²) in [6.07, 6.45) is 1.82. The predicted octanol–water partition coefficient (Wildman–Crippen LogP) is 2.40. The highest BCUT2D eigenvalue weighted by atomic mass is 32.2. The Morgan fingerprint density at radius 2 is 1.94 bits per heavy atom. The van der Waals surface area contributed by atoms with Crippen LogP contribution in [-0.2, 0) is 9.84 Å². The molecule has 0 aliphatic carbocycles. The second-order valence-corrected chi connectivity index (χ2v) is 8.12. The molecular formula is C12H17NO2S3. The van der Waals surface area contributed by atoms with E-state index in [4.69, 9.17) is 12.2 Å². The molecule has 0 radical (unpaired) electrons. The number of sulfone groups is 1. The molecule has 1 aromatic rings. The molecule has 0 heterocycles. The number of hydrogen-bond donors (Lipinski definition) is 1. The molecule has 1 rings (SSSR count). The second kappa shape index (κ2) is 7.11. The van der Waals surface area contributed by atoms with E-state index in [2.05, 4.69) is 5.32 Å². The van der Waals surface area contributed by atoms with Gasteiger partial charge in [0.15, 0.2) is 0 Å². The molecule has 0 saturated heterocycles. The van der Waals surface area contributed by atoms with E-state index >= 15 is 0 Å². The summed E-state index contributed by atoms with van der Waals surface area (Å²) in [6.45, 7) is 2.63. The molecule has 100 valence electrons. The molecule has 0 unspecified atom stereocenters. The number of thioether (sulfide) groups is 1. The van der Waals surface area contributed by atoms with Crippen molar-refractivity contribution in [1.82, 2.24) is 5.32 Å². The molecule has 0 bridgehead atoms. The number of rotatable bonds is 5. The summed E-state index contributed by atoms with van der Waals surface area (Å²) in [4.78, 5) is 1.08. The highest BCUT2D eigenvalue weighted by molar-refractivity contribution is 8.23. The van der Waals surface area contributed by atoms with Gasteiger partial charge in [0.2, 0.25) is 0 Å². The van der Waals surface area contributed by atoms with Gasteiger partial charge in [0.1, 0.15) is 14.2 Å². The molecule has 3 nitrogen and oxygen atoms in total. The fourth-order valence-electron chi connectivity index (χ4n) is 1.27. The highest BCUT2D eigenvalue weighted by Crippen LogP contribution is 2.18. The van der Waals surface area contributed by atoms with Crippen LogP contribution in [0.2, 0.25) is 0 Å². The Labute approximate surface area is 118 Å². The summed E-state index contributed by atoms with van der Waals surface area (Å²) in [6, 6.07) is 8.11. The summed E-state index contributed by atoms with van der Waals surface area (Å²) >= 11 is 6.66. The zero-order valence-electron chi connectivity index (χ0n) is 10.5. The van der Waals surface area contributed by atoms with E-state index in [0.717, 1.165) is 4.90 Å². The fraction of sp³-hybridized carbons (Fsp3) is 0.417. The monoisotopic (exact) mass is 303 g/mol. The standard InChI is InChI=1S/C12H17NO2S3/c1-10-4-6-11(7-5-10)17-12(16)13-8-3-9-18(2,14)15/h4-7H,3,8-9H2,1-2H3,(H,13,16). The molecule has 1 N–H and O–H groups in total. The van der Waals surface area contributed by atoms with Crippen LogP contribution < -0.4 is 5.32 Å². The fourth-order valence-corrected chi connectivity index (χ4v) is 2.99. The Kier molecular flexibility index (Phi) is 6.11. The van der Waals surface area contributed by atoms with Crippen molar-refractivity contribution in [3.05, 3.63) is 29.8 Å². The topological polar surface area (TPSA) is 46.2 Å². The summed E-state index contributed by atoms with van der Waals surface area (Å²) in [7, 11) is -2.88. The summed E-state index contributed by atoms with van der Waals surface area (Å²) < 4.78 is 22.5. The van der Waals surface area contributed by atoms with Gasteiger partial charge in [-0.3, -0.25) is 0 Å². The molecule has 0 atom stereocenters. The van der Waals surface area contributed by atoms with Gasteiger partial charge >= 0.3 is 0 Å². The van der Waals surface area contributed by atoms with E-state index in [9.17, 15) is 8.42 Å². The Balaban J connectivity index is 2.28. The van der Waals surface area contributed by atoms with Crippen molar-refractivity contribution in [1.29, 1.82) is 0 Å². The van der Waals surface area contributed by atoms with Gasteiger partial charge in [0.25, 0.3) is 0 Å². The Bertz CT molecular complexity index is 495. The van der Waals surface area contributed by atoms with Gasteiger partial charge in [-0.1, -0.05) is 41.7 Å². The summed E-state index contributed by atoms with van der Waals surface area (Å²) in [5.74, 6) is 0.192. The molecule has 1 aromatic carbocycles. The molecule has 0 fully saturated rings. The number of hydrogen-bond acceptors (Lipinski definition) is 4. The van der Waals surface area contributed by atoms with Gasteiger partial charge in [-0.15, -0.1) is 0 Å². The maximum absolute atomic E-state index is 10.9.